The Bertz CT molecular complexity index is 1300. The van der Waals surface area contributed by atoms with E-state index in [-0.39, 0.29) is 47.0 Å². The van der Waals surface area contributed by atoms with Crippen molar-refractivity contribution in [1.29, 1.82) is 5.41 Å². The molecule has 1 fully saturated rings. The highest BCUT2D eigenvalue weighted by Crippen LogP contribution is 2.35. The van der Waals surface area contributed by atoms with Gasteiger partial charge >= 0.3 is 6.03 Å². The highest BCUT2D eigenvalue weighted by Gasteiger charge is 2.28. The summed E-state index contributed by atoms with van der Waals surface area (Å²) in [6.45, 7) is 1.73. The summed E-state index contributed by atoms with van der Waals surface area (Å²) in [6, 6.07) is 4.53. The lowest BCUT2D eigenvalue weighted by molar-refractivity contribution is 0.0798. The number of halogens is 3. The topological polar surface area (TPSA) is 131 Å². The zero-order valence-electron chi connectivity index (χ0n) is 22.2. The van der Waals surface area contributed by atoms with Crippen molar-refractivity contribution in [2.24, 2.45) is 0 Å². The minimum atomic E-state index is -2.95. The van der Waals surface area contributed by atoms with Crippen molar-refractivity contribution < 1.29 is 27.5 Å². The molecule has 0 aliphatic carbocycles. The van der Waals surface area contributed by atoms with E-state index in [1.54, 1.807) is 0 Å². The van der Waals surface area contributed by atoms with Gasteiger partial charge < -0.3 is 30.9 Å². The van der Waals surface area contributed by atoms with Gasteiger partial charge in [0.2, 0.25) is 0 Å². The summed E-state index contributed by atoms with van der Waals surface area (Å²) in [7, 11) is 2.95. The van der Waals surface area contributed by atoms with E-state index in [0.29, 0.717) is 31.8 Å². The summed E-state index contributed by atoms with van der Waals surface area (Å²) in [4.78, 5) is 29.6. The van der Waals surface area contributed by atoms with Crippen LogP contribution in [0, 0.1) is 11.2 Å². The third-order valence-corrected chi connectivity index (χ3v) is 6.92. The number of carbonyl (C=O) groups excluding carboxylic acids is 2. The van der Waals surface area contributed by atoms with Gasteiger partial charge in [-0.2, -0.15) is 0 Å². The van der Waals surface area contributed by atoms with Crippen LogP contribution in [0.5, 0.6) is 0 Å². The second-order valence-electron chi connectivity index (χ2n) is 9.45. The fourth-order valence-corrected chi connectivity index (χ4v) is 4.71. The van der Waals surface area contributed by atoms with E-state index in [9.17, 15) is 18.4 Å². The largest absolute Gasteiger partial charge is 0.385 e. The third-order valence-electron chi connectivity index (χ3n) is 6.92. The maximum absolute atomic E-state index is 15.3. The lowest BCUT2D eigenvalue weighted by Gasteiger charge is -2.34. The number of rotatable bonds is 7. The van der Waals surface area contributed by atoms with E-state index < -0.39 is 23.7 Å². The molecule has 40 heavy (non-hydrogen) atoms. The molecule has 1 aromatic heterocycles. The number of ether oxygens (including phenoxy) is 1. The number of nitrogens with zero attached hydrogens (tertiary/aromatic N) is 2. The predicted molar refractivity (Wildman–Crippen MR) is 144 cm³/mol. The molecule has 0 saturated carbocycles. The molecule has 2 aliphatic heterocycles. The van der Waals surface area contributed by atoms with Crippen LogP contribution >= 0.6 is 0 Å². The Kier molecular flexibility index (Phi) is 9.25. The molecule has 1 saturated heterocycles. The summed E-state index contributed by atoms with van der Waals surface area (Å²) >= 11 is 0. The van der Waals surface area contributed by atoms with Gasteiger partial charge in [0.1, 0.15) is 17.3 Å². The Morgan fingerprint density at radius 3 is 2.52 bits per heavy atom. The molecule has 0 spiro atoms. The number of hydrogen-bond donors (Lipinski definition) is 5. The first kappa shape index (κ1) is 28.9. The van der Waals surface area contributed by atoms with Gasteiger partial charge in [-0.15, -0.1) is 0 Å². The van der Waals surface area contributed by atoms with Gasteiger partial charge in [-0.1, -0.05) is 6.07 Å². The normalized spacial score (nSPS) is 16.1. The number of nitrogens with one attached hydrogen (secondary N) is 5. The number of carbonyl (C=O) groups is 2. The number of pyridine rings is 1. The standard InChI is InChI=1S/C27H32F3N7O3/c1-32-26(38)22-4-3-15(13-34-22)17-11-20(28)23(12-18(17)24(29)30)36-25(31)19-14-37(27(39)33-2)8-5-21(19)35-16-6-9-40-10-7-16/h3-4,11-13,16,24,35H,5-10,14H2,1-2H3,(H2,31,36)(H,32,38)(H,33,39). The number of amides is 3. The van der Waals surface area contributed by atoms with Crippen LogP contribution in [0.4, 0.5) is 23.7 Å². The molecule has 10 nitrogen and oxygen atoms in total. The van der Waals surface area contributed by atoms with Gasteiger partial charge in [0, 0.05) is 74.9 Å². The number of urea groups is 1. The lowest BCUT2D eigenvalue weighted by Crippen LogP contribution is -2.47. The predicted octanol–water partition coefficient (Wildman–Crippen LogP) is 3.64. The Hall–Kier alpha value is -4.13. The van der Waals surface area contributed by atoms with Gasteiger partial charge in [-0.05, 0) is 36.6 Å². The minimum absolute atomic E-state index is 0.0786. The SMILES string of the molecule is CNC(=O)c1ccc(-c2cc(F)c(NC(=N)C3=C(NC4CCOCC4)CCN(C(=O)NC)C3)cc2C(F)F)cn1. The molecule has 0 unspecified atom stereocenters. The van der Waals surface area contributed by atoms with Crippen LogP contribution in [-0.2, 0) is 4.74 Å². The van der Waals surface area contributed by atoms with Crippen LogP contribution in [0.3, 0.4) is 0 Å². The highest BCUT2D eigenvalue weighted by molar-refractivity contribution is 6.07. The van der Waals surface area contributed by atoms with Gasteiger partial charge in [-0.3, -0.25) is 15.2 Å². The quantitative estimate of drug-likeness (QED) is 0.260. The van der Waals surface area contributed by atoms with Crippen molar-refractivity contribution in [3.63, 3.8) is 0 Å². The van der Waals surface area contributed by atoms with Gasteiger partial charge in [0.05, 0.1) is 12.2 Å². The van der Waals surface area contributed by atoms with Crippen LogP contribution in [0.1, 0.15) is 41.7 Å². The number of hydrogen-bond acceptors (Lipinski definition) is 6. The molecule has 3 amide bonds. The fraction of sp³-hybridized carbons (Fsp3) is 0.407. The molecule has 3 heterocycles. The van der Waals surface area contributed by atoms with Crippen molar-refractivity contribution in [3.8, 4) is 11.1 Å². The van der Waals surface area contributed by atoms with E-state index in [2.05, 4.69) is 26.3 Å². The van der Waals surface area contributed by atoms with Crippen molar-refractivity contribution in [2.45, 2.75) is 31.7 Å². The first-order valence-corrected chi connectivity index (χ1v) is 12.9. The molecule has 5 N–H and O–H groups in total. The Morgan fingerprint density at radius 1 is 1.15 bits per heavy atom. The number of anilines is 1. The molecule has 0 radical (unpaired) electrons. The molecule has 2 aliphatic rings. The second kappa shape index (κ2) is 12.8. The number of alkyl halides is 2. The maximum atomic E-state index is 15.3. The van der Waals surface area contributed by atoms with Crippen molar-refractivity contribution in [2.75, 3.05) is 45.7 Å². The zero-order valence-corrected chi connectivity index (χ0v) is 22.2. The summed E-state index contributed by atoms with van der Waals surface area (Å²) in [5.41, 5.74) is 0.655. The smallest absolute Gasteiger partial charge is 0.317 e. The summed E-state index contributed by atoms with van der Waals surface area (Å²) in [6.07, 6.45) is 0.293. The molecule has 0 atom stereocenters. The molecule has 1 aromatic carbocycles. The monoisotopic (exact) mass is 559 g/mol. The molecule has 0 bridgehead atoms. The minimum Gasteiger partial charge on any atom is -0.385 e. The second-order valence-corrected chi connectivity index (χ2v) is 9.45. The Balaban J connectivity index is 1.63. The Morgan fingerprint density at radius 2 is 1.90 bits per heavy atom. The van der Waals surface area contributed by atoms with Gasteiger partial charge in [-0.25, -0.2) is 18.0 Å². The lowest BCUT2D eigenvalue weighted by atomic mass is 9.99. The molecular formula is C27H32F3N7O3. The number of aromatic nitrogens is 1. The van der Waals surface area contributed by atoms with Crippen molar-refractivity contribution in [1.82, 2.24) is 25.8 Å². The van der Waals surface area contributed by atoms with Crippen LogP contribution in [0.25, 0.3) is 11.1 Å². The molecule has 2 aromatic rings. The van der Waals surface area contributed by atoms with Crippen LogP contribution < -0.4 is 21.3 Å². The van der Waals surface area contributed by atoms with E-state index in [4.69, 9.17) is 10.1 Å². The van der Waals surface area contributed by atoms with Crippen molar-refractivity contribution >= 4 is 23.5 Å². The zero-order chi connectivity index (χ0) is 28.8. The van der Waals surface area contributed by atoms with E-state index in [1.807, 2.05) is 0 Å². The summed E-state index contributed by atoms with van der Waals surface area (Å²) in [5.74, 6) is -1.49. The third kappa shape index (κ3) is 6.53. The van der Waals surface area contributed by atoms with E-state index in [0.717, 1.165) is 30.7 Å². The van der Waals surface area contributed by atoms with Crippen molar-refractivity contribution in [3.05, 3.63) is 58.8 Å². The maximum Gasteiger partial charge on any atom is 0.317 e. The van der Waals surface area contributed by atoms with Crippen LogP contribution in [-0.4, -0.2) is 74.1 Å². The highest BCUT2D eigenvalue weighted by atomic mass is 19.3. The van der Waals surface area contributed by atoms with Crippen LogP contribution in [0.15, 0.2) is 41.7 Å². The summed E-state index contributed by atoms with van der Waals surface area (Å²) in [5, 5.41) is 19.8. The fourth-order valence-electron chi connectivity index (χ4n) is 4.71. The van der Waals surface area contributed by atoms with E-state index in [1.165, 1.54) is 37.3 Å². The average Bonchev–Trinajstić information content (AvgIpc) is 2.97. The molecular weight excluding hydrogens is 527 g/mol. The van der Waals surface area contributed by atoms with Gasteiger partial charge in [0.15, 0.2) is 0 Å². The van der Waals surface area contributed by atoms with E-state index >= 15 is 4.39 Å². The average molecular weight is 560 g/mol. The number of amidine groups is 1. The first-order valence-electron chi connectivity index (χ1n) is 12.9. The Labute approximate surface area is 229 Å². The molecule has 214 valence electrons. The van der Waals surface area contributed by atoms with Gasteiger partial charge in [0.25, 0.3) is 12.3 Å². The molecule has 13 heteroatoms. The molecule has 4 rings (SSSR count). The summed E-state index contributed by atoms with van der Waals surface area (Å²) < 4.78 is 48.9. The number of benzene rings is 1. The first-order chi connectivity index (χ1) is 19.2. The van der Waals surface area contributed by atoms with Crippen LogP contribution in [0.2, 0.25) is 0 Å².